The van der Waals surface area contributed by atoms with Crippen molar-refractivity contribution in [2.45, 2.75) is 39.3 Å². The number of nitrogens with zero attached hydrogens (tertiary/aromatic N) is 1. The van der Waals surface area contributed by atoms with Crippen LogP contribution in [0.4, 0.5) is 5.69 Å². The zero-order valence-electron chi connectivity index (χ0n) is 17.7. The summed E-state index contributed by atoms with van der Waals surface area (Å²) in [5.41, 5.74) is 2.39. The first-order valence-electron chi connectivity index (χ1n) is 10.0. The normalized spacial score (nSPS) is 16.9. The van der Waals surface area contributed by atoms with E-state index in [1.165, 1.54) is 4.31 Å². The van der Waals surface area contributed by atoms with Crippen molar-refractivity contribution in [3.8, 4) is 11.5 Å². The van der Waals surface area contributed by atoms with Gasteiger partial charge in [-0.15, -0.1) is 0 Å². The fourth-order valence-electron chi connectivity index (χ4n) is 3.56. The van der Waals surface area contributed by atoms with E-state index in [0.29, 0.717) is 17.9 Å². The lowest BCUT2D eigenvalue weighted by Gasteiger charge is -2.35. The number of nitrogens with one attached hydrogen (secondary N) is 1. The minimum Gasteiger partial charge on any atom is -0.496 e. The fraction of sp³-hybridized carbons (Fsp3) is 0.409. The molecule has 0 bridgehead atoms. The number of para-hydroxylation sites is 2. The van der Waals surface area contributed by atoms with E-state index in [4.69, 9.17) is 9.47 Å². The van der Waals surface area contributed by atoms with Crippen LogP contribution in [-0.2, 0) is 14.8 Å². The van der Waals surface area contributed by atoms with Crippen LogP contribution in [0.25, 0.3) is 0 Å². The first-order chi connectivity index (χ1) is 14.3. The highest BCUT2D eigenvalue weighted by Crippen LogP contribution is 2.35. The molecule has 1 aliphatic heterocycles. The van der Waals surface area contributed by atoms with Gasteiger partial charge in [0.1, 0.15) is 11.5 Å². The van der Waals surface area contributed by atoms with Gasteiger partial charge in [-0.05, 0) is 49.6 Å². The highest BCUT2D eigenvalue weighted by Gasteiger charge is 2.36. The number of aryl methyl sites for hydroxylation is 1. The summed E-state index contributed by atoms with van der Waals surface area (Å²) in [5.74, 6) is 0.765. The molecule has 2 aromatic carbocycles. The van der Waals surface area contributed by atoms with E-state index in [-0.39, 0.29) is 24.2 Å². The molecule has 1 heterocycles. The van der Waals surface area contributed by atoms with Gasteiger partial charge in [0.2, 0.25) is 10.0 Å². The third kappa shape index (κ3) is 4.38. The highest BCUT2D eigenvalue weighted by molar-refractivity contribution is 7.92. The van der Waals surface area contributed by atoms with E-state index in [1.54, 1.807) is 38.3 Å². The van der Waals surface area contributed by atoms with Crippen molar-refractivity contribution in [2.75, 3.05) is 23.7 Å². The van der Waals surface area contributed by atoms with Crippen LogP contribution in [0, 0.1) is 6.92 Å². The smallest absolute Gasteiger partial charge is 0.263 e. The molecule has 0 aromatic heterocycles. The van der Waals surface area contributed by atoms with Crippen LogP contribution in [0.3, 0.4) is 0 Å². The molecule has 8 heteroatoms. The van der Waals surface area contributed by atoms with Crippen molar-refractivity contribution in [3.05, 3.63) is 53.6 Å². The number of carbonyl (C=O) groups is 1. The number of benzene rings is 2. The Kier molecular flexibility index (Phi) is 6.55. The summed E-state index contributed by atoms with van der Waals surface area (Å²) in [6.45, 7) is 5.46. The molecule has 0 saturated heterocycles. The third-order valence-corrected chi connectivity index (χ3v) is 7.02. The largest absolute Gasteiger partial charge is 0.496 e. The average molecular weight is 433 g/mol. The SMILES string of the molecule is CC[C@H](NC(=O)[C@H]1CN(S(=O)(=O)CC)c2ccccc2O1)c1ccc(OC)c(C)c1. The lowest BCUT2D eigenvalue weighted by molar-refractivity contribution is -0.128. The van der Waals surface area contributed by atoms with Crippen LogP contribution < -0.4 is 19.1 Å². The number of hydrogen-bond acceptors (Lipinski definition) is 5. The Balaban J connectivity index is 1.83. The van der Waals surface area contributed by atoms with Gasteiger partial charge in [0.15, 0.2) is 6.10 Å². The molecule has 1 N–H and O–H groups in total. The maximum Gasteiger partial charge on any atom is 0.263 e. The second kappa shape index (κ2) is 8.95. The molecule has 0 unspecified atom stereocenters. The maximum absolute atomic E-state index is 13.0. The molecule has 0 fully saturated rings. The summed E-state index contributed by atoms with van der Waals surface area (Å²) >= 11 is 0. The van der Waals surface area contributed by atoms with E-state index in [2.05, 4.69) is 5.32 Å². The van der Waals surface area contributed by atoms with Gasteiger partial charge in [0.05, 0.1) is 31.1 Å². The standard InChI is InChI=1S/C22H28N2O5S/c1-5-17(16-11-12-19(28-4)15(3)13-16)23-22(25)21-14-24(30(26,27)6-2)18-9-7-8-10-20(18)29-21/h7-13,17,21H,5-6,14H2,1-4H3,(H,23,25)/t17-,21+/m0/s1. The highest BCUT2D eigenvalue weighted by atomic mass is 32.2. The first kappa shape index (κ1) is 22.0. The van der Waals surface area contributed by atoms with Crippen LogP contribution in [0.1, 0.15) is 37.4 Å². The monoisotopic (exact) mass is 432 g/mol. The van der Waals surface area contributed by atoms with Gasteiger partial charge >= 0.3 is 0 Å². The molecule has 30 heavy (non-hydrogen) atoms. The molecular weight excluding hydrogens is 404 g/mol. The molecule has 162 valence electrons. The molecule has 0 radical (unpaired) electrons. The number of methoxy groups -OCH3 is 1. The second-order valence-electron chi connectivity index (χ2n) is 7.20. The first-order valence-corrected chi connectivity index (χ1v) is 11.6. The number of carbonyl (C=O) groups excluding carboxylic acids is 1. The average Bonchev–Trinajstić information content (AvgIpc) is 2.76. The van der Waals surface area contributed by atoms with Gasteiger partial charge in [0, 0.05) is 0 Å². The van der Waals surface area contributed by atoms with Gasteiger partial charge in [-0.2, -0.15) is 0 Å². The minimum atomic E-state index is -3.54. The zero-order valence-corrected chi connectivity index (χ0v) is 18.5. The van der Waals surface area contributed by atoms with Crippen molar-refractivity contribution in [1.29, 1.82) is 0 Å². The third-order valence-electron chi connectivity index (χ3n) is 5.27. The Morgan fingerprint density at radius 2 is 2.00 bits per heavy atom. The van der Waals surface area contributed by atoms with Crippen molar-refractivity contribution < 1.29 is 22.7 Å². The van der Waals surface area contributed by atoms with Gasteiger partial charge in [-0.1, -0.05) is 31.2 Å². The van der Waals surface area contributed by atoms with Crippen LogP contribution in [0.2, 0.25) is 0 Å². The molecular formula is C22H28N2O5S. The number of sulfonamides is 1. The van der Waals surface area contributed by atoms with Crippen molar-refractivity contribution in [2.24, 2.45) is 0 Å². The Morgan fingerprint density at radius 3 is 2.63 bits per heavy atom. The topological polar surface area (TPSA) is 84.9 Å². The van der Waals surface area contributed by atoms with Crippen molar-refractivity contribution in [3.63, 3.8) is 0 Å². The summed E-state index contributed by atoms with van der Waals surface area (Å²) in [5, 5.41) is 3.01. The molecule has 1 aliphatic rings. The fourth-order valence-corrected chi connectivity index (χ4v) is 4.69. The summed E-state index contributed by atoms with van der Waals surface area (Å²) in [6, 6.07) is 12.4. The second-order valence-corrected chi connectivity index (χ2v) is 9.39. The predicted molar refractivity (Wildman–Crippen MR) is 117 cm³/mol. The van der Waals surface area contributed by atoms with Crippen LogP contribution >= 0.6 is 0 Å². The Morgan fingerprint density at radius 1 is 1.27 bits per heavy atom. The summed E-state index contributed by atoms with van der Waals surface area (Å²) < 4.78 is 37.7. The summed E-state index contributed by atoms with van der Waals surface area (Å²) in [4.78, 5) is 13.0. The zero-order chi connectivity index (χ0) is 21.9. The van der Waals surface area contributed by atoms with E-state index >= 15 is 0 Å². The Bertz CT molecular complexity index is 1020. The predicted octanol–water partition coefficient (Wildman–Crippen LogP) is 3.19. The maximum atomic E-state index is 13.0. The van der Waals surface area contributed by atoms with Crippen molar-refractivity contribution >= 4 is 21.6 Å². The van der Waals surface area contributed by atoms with Crippen LogP contribution in [0.15, 0.2) is 42.5 Å². The number of ether oxygens (including phenoxy) is 2. The van der Waals surface area contributed by atoms with E-state index < -0.39 is 16.1 Å². The molecule has 2 atom stereocenters. The molecule has 1 amide bonds. The number of hydrogen-bond donors (Lipinski definition) is 1. The van der Waals surface area contributed by atoms with Crippen LogP contribution in [0.5, 0.6) is 11.5 Å². The van der Waals surface area contributed by atoms with E-state index in [9.17, 15) is 13.2 Å². The number of fused-ring (bicyclic) bond motifs is 1. The summed E-state index contributed by atoms with van der Waals surface area (Å²) in [7, 11) is -1.92. The van der Waals surface area contributed by atoms with Crippen LogP contribution in [-0.4, -0.2) is 39.8 Å². The van der Waals surface area contributed by atoms with Gasteiger partial charge in [-0.25, -0.2) is 8.42 Å². The number of amides is 1. The Hall–Kier alpha value is -2.74. The minimum absolute atomic E-state index is 0.0572. The Labute approximate surface area is 178 Å². The lowest BCUT2D eigenvalue weighted by Crippen LogP contribution is -2.51. The van der Waals surface area contributed by atoms with E-state index in [0.717, 1.165) is 16.9 Å². The number of rotatable bonds is 7. The quantitative estimate of drug-likeness (QED) is 0.726. The molecule has 3 rings (SSSR count). The molecule has 0 saturated carbocycles. The molecule has 7 nitrogen and oxygen atoms in total. The number of anilines is 1. The van der Waals surface area contributed by atoms with Gasteiger partial charge < -0.3 is 14.8 Å². The van der Waals surface area contributed by atoms with Gasteiger partial charge in [0.25, 0.3) is 5.91 Å². The molecule has 2 aromatic rings. The molecule has 0 aliphatic carbocycles. The van der Waals surface area contributed by atoms with Crippen molar-refractivity contribution in [1.82, 2.24) is 5.32 Å². The van der Waals surface area contributed by atoms with E-state index in [1.807, 2.05) is 32.0 Å². The molecule has 0 spiro atoms. The lowest BCUT2D eigenvalue weighted by atomic mass is 10.0. The summed E-state index contributed by atoms with van der Waals surface area (Å²) in [6.07, 6.45) is -0.257. The van der Waals surface area contributed by atoms with Gasteiger partial charge in [-0.3, -0.25) is 9.10 Å².